The van der Waals surface area contributed by atoms with Gasteiger partial charge in [-0.25, -0.2) is 0 Å². The highest BCUT2D eigenvalue weighted by atomic mass is 15.0. The summed E-state index contributed by atoms with van der Waals surface area (Å²) in [6, 6.07) is 4.61. The monoisotopic (exact) mass is 241 g/mol. The maximum absolute atomic E-state index is 4.12. The molecule has 1 heteroatoms. The summed E-state index contributed by atoms with van der Waals surface area (Å²) in [6.45, 7) is 15.1. The van der Waals surface area contributed by atoms with Crippen molar-refractivity contribution in [1.82, 2.24) is 4.57 Å². The minimum absolute atomic E-state index is 0.540. The van der Waals surface area contributed by atoms with Gasteiger partial charge in [-0.05, 0) is 49.5 Å². The summed E-state index contributed by atoms with van der Waals surface area (Å²) in [5.41, 5.74) is 7.91. The summed E-state index contributed by atoms with van der Waals surface area (Å²) in [7, 11) is 2.15. The predicted molar refractivity (Wildman–Crippen MR) is 81.2 cm³/mol. The summed E-state index contributed by atoms with van der Waals surface area (Å²) in [4.78, 5) is 0. The average Bonchev–Trinajstić information content (AvgIpc) is 2.50. The molecule has 1 heterocycles. The third kappa shape index (κ3) is 1.78. The van der Waals surface area contributed by atoms with Crippen LogP contribution in [0, 0.1) is 13.8 Å². The molecular weight excluding hydrogens is 218 g/mol. The first-order valence-electron chi connectivity index (χ1n) is 6.60. The van der Waals surface area contributed by atoms with Gasteiger partial charge in [-0.15, -0.1) is 0 Å². The lowest BCUT2D eigenvalue weighted by Crippen LogP contribution is -1.98. The molecule has 0 aliphatic rings. The molecule has 18 heavy (non-hydrogen) atoms. The van der Waals surface area contributed by atoms with Crippen LogP contribution in [-0.4, -0.2) is 4.57 Å². The SMILES string of the molecule is C=C(C)c1c(C)c2cc(C)cc(C(C)C)c2n1C. The molecule has 1 aromatic heterocycles. The van der Waals surface area contributed by atoms with E-state index in [0.29, 0.717) is 5.92 Å². The fourth-order valence-corrected chi connectivity index (χ4v) is 3.00. The number of allylic oxidation sites excluding steroid dienone is 1. The molecule has 0 bridgehead atoms. The second kappa shape index (κ2) is 4.31. The molecule has 0 saturated heterocycles. The first kappa shape index (κ1) is 12.9. The van der Waals surface area contributed by atoms with Gasteiger partial charge < -0.3 is 4.57 Å². The molecule has 0 aliphatic heterocycles. The van der Waals surface area contributed by atoms with Gasteiger partial charge in [0, 0.05) is 18.1 Å². The Morgan fingerprint density at radius 1 is 1.22 bits per heavy atom. The number of benzene rings is 1. The number of hydrogen-bond acceptors (Lipinski definition) is 0. The lowest BCUT2D eigenvalue weighted by atomic mass is 9.97. The van der Waals surface area contributed by atoms with Crippen molar-refractivity contribution < 1.29 is 0 Å². The van der Waals surface area contributed by atoms with Crippen LogP contribution in [0.1, 0.15) is 49.1 Å². The molecule has 0 amide bonds. The van der Waals surface area contributed by atoms with Crippen LogP contribution in [0.15, 0.2) is 18.7 Å². The topological polar surface area (TPSA) is 4.93 Å². The van der Waals surface area contributed by atoms with Crippen LogP contribution in [0.3, 0.4) is 0 Å². The predicted octanol–water partition coefficient (Wildman–Crippen LogP) is 4.95. The van der Waals surface area contributed by atoms with Crippen LogP contribution in [0.4, 0.5) is 0 Å². The molecule has 0 fully saturated rings. The van der Waals surface area contributed by atoms with Crippen molar-refractivity contribution in [3.8, 4) is 0 Å². The lowest BCUT2D eigenvalue weighted by molar-refractivity contribution is 0.851. The van der Waals surface area contributed by atoms with Gasteiger partial charge in [0.25, 0.3) is 0 Å². The Labute approximate surface area is 110 Å². The quantitative estimate of drug-likeness (QED) is 0.701. The Hall–Kier alpha value is -1.50. The third-order valence-corrected chi connectivity index (χ3v) is 3.74. The van der Waals surface area contributed by atoms with Gasteiger partial charge in [-0.3, -0.25) is 0 Å². The van der Waals surface area contributed by atoms with Gasteiger partial charge in [0.15, 0.2) is 0 Å². The Morgan fingerprint density at radius 2 is 1.83 bits per heavy atom. The van der Waals surface area contributed by atoms with Gasteiger partial charge in [0.05, 0.1) is 5.52 Å². The van der Waals surface area contributed by atoms with Crippen LogP contribution in [0.25, 0.3) is 16.5 Å². The number of rotatable bonds is 2. The van der Waals surface area contributed by atoms with Crippen LogP contribution < -0.4 is 0 Å². The van der Waals surface area contributed by atoms with Gasteiger partial charge >= 0.3 is 0 Å². The molecule has 2 rings (SSSR count). The van der Waals surface area contributed by atoms with E-state index in [-0.39, 0.29) is 0 Å². The van der Waals surface area contributed by atoms with E-state index in [1.54, 1.807) is 0 Å². The van der Waals surface area contributed by atoms with Crippen molar-refractivity contribution in [2.45, 2.75) is 40.5 Å². The van der Waals surface area contributed by atoms with Crippen molar-refractivity contribution >= 4 is 16.5 Å². The largest absolute Gasteiger partial charge is 0.343 e. The number of nitrogens with zero attached hydrogens (tertiary/aromatic N) is 1. The summed E-state index contributed by atoms with van der Waals surface area (Å²) >= 11 is 0. The Kier molecular flexibility index (Phi) is 3.10. The Bertz CT molecular complexity index is 627. The Morgan fingerprint density at radius 3 is 2.33 bits per heavy atom. The number of fused-ring (bicyclic) bond motifs is 1. The zero-order chi connectivity index (χ0) is 13.6. The second-order valence-electron chi connectivity index (χ2n) is 5.72. The maximum Gasteiger partial charge on any atom is 0.0520 e. The van der Waals surface area contributed by atoms with Crippen molar-refractivity contribution in [3.05, 3.63) is 41.1 Å². The van der Waals surface area contributed by atoms with E-state index in [9.17, 15) is 0 Å². The first-order chi connectivity index (χ1) is 8.34. The molecule has 0 spiro atoms. The van der Waals surface area contributed by atoms with Crippen molar-refractivity contribution in [3.63, 3.8) is 0 Å². The summed E-state index contributed by atoms with van der Waals surface area (Å²) < 4.78 is 2.31. The standard InChI is InChI=1S/C17H23N/c1-10(2)14-8-12(5)9-15-13(6)16(11(3)4)18(7)17(14)15/h8-10H,3H2,1-2,4-7H3. The molecular formula is C17H23N. The van der Waals surface area contributed by atoms with E-state index in [0.717, 1.165) is 5.57 Å². The molecule has 0 saturated carbocycles. The molecule has 0 radical (unpaired) electrons. The Balaban J connectivity index is 2.97. The number of hydrogen-bond donors (Lipinski definition) is 0. The minimum Gasteiger partial charge on any atom is -0.343 e. The van der Waals surface area contributed by atoms with Gasteiger partial charge in [-0.2, -0.15) is 0 Å². The van der Waals surface area contributed by atoms with Crippen molar-refractivity contribution in [2.75, 3.05) is 0 Å². The molecule has 0 aliphatic carbocycles. The smallest absolute Gasteiger partial charge is 0.0520 e. The van der Waals surface area contributed by atoms with E-state index in [2.05, 4.69) is 64.9 Å². The van der Waals surface area contributed by atoms with E-state index < -0.39 is 0 Å². The maximum atomic E-state index is 4.12. The number of aryl methyl sites for hydroxylation is 3. The van der Waals surface area contributed by atoms with Crippen LogP contribution in [0.5, 0.6) is 0 Å². The molecule has 1 nitrogen and oxygen atoms in total. The molecule has 0 unspecified atom stereocenters. The lowest BCUT2D eigenvalue weighted by Gasteiger charge is -2.12. The van der Waals surface area contributed by atoms with E-state index in [1.807, 2.05) is 0 Å². The highest BCUT2D eigenvalue weighted by Gasteiger charge is 2.16. The van der Waals surface area contributed by atoms with E-state index in [1.165, 1.54) is 33.3 Å². The molecule has 0 atom stereocenters. The minimum atomic E-state index is 0.540. The van der Waals surface area contributed by atoms with Crippen molar-refractivity contribution in [1.29, 1.82) is 0 Å². The molecule has 2 aromatic rings. The second-order valence-corrected chi connectivity index (χ2v) is 5.72. The van der Waals surface area contributed by atoms with Crippen LogP contribution >= 0.6 is 0 Å². The van der Waals surface area contributed by atoms with E-state index >= 15 is 0 Å². The van der Waals surface area contributed by atoms with Gasteiger partial charge in [0.2, 0.25) is 0 Å². The summed E-state index contributed by atoms with van der Waals surface area (Å²) in [5.74, 6) is 0.540. The van der Waals surface area contributed by atoms with Gasteiger partial charge in [-0.1, -0.05) is 32.1 Å². The zero-order valence-electron chi connectivity index (χ0n) is 12.4. The molecule has 96 valence electrons. The zero-order valence-corrected chi connectivity index (χ0v) is 12.4. The summed E-state index contributed by atoms with van der Waals surface area (Å²) in [5, 5.41) is 1.37. The highest BCUT2D eigenvalue weighted by molar-refractivity contribution is 5.92. The van der Waals surface area contributed by atoms with Crippen molar-refractivity contribution in [2.24, 2.45) is 7.05 Å². The molecule has 0 N–H and O–H groups in total. The van der Waals surface area contributed by atoms with E-state index in [4.69, 9.17) is 0 Å². The first-order valence-corrected chi connectivity index (χ1v) is 6.60. The normalized spacial score (nSPS) is 11.5. The van der Waals surface area contributed by atoms with Crippen LogP contribution in [0.2, 0.25) is 0 Å². The molecule has 1 aromatic carbocycles. The van der Waals surface area contributed by atoms with Crippen LogP contribution in [-0.2, 0) is 7.05 Å². The average molecular weight is 241 g/mol. The highest BCUT2D eigenvalue weighted by Crippen LogP contribution is 2.34. The summed E-state index contributed by atoms with van der Waals surface area (Å²) in [6.07, 6.45) is 0. The fourth-order valence-electron chi connectivity index (χ4n) is 3.00. The van der Waals surface area contributed by atoms with Gasteiger partial charge in [0.1, 0.15) is 0 Å². The number of aromatic nitrogens is 1. The fraction of sp³-hybridized carbons (Fsp3) is 0.412. The third-order valence-electron chi connectivity index (χ3n) is 3.74.